The maximum absolute atomic E-state index is 13.5. The molecule has 0 aliphatic carbocycles. The van der Waals surface area contributed by atoms with Crippen LogP contribution in [0.1, 0.15) is 16.1 Å². The highest BCUT2D eigenvalue weighted by Gasteiger charge is 2.15. The second-order valence-electron chi connectivity index (χ2n) is 6.69. The molecule has 0 spiro atoms. The summed E-state index contributed by atoms with van der Waals surface area (Å²) in [6.45, 7) is 0.557. The predicted octanol–water partition coefficient (Wildman–Crippen LogP) is 3.80. The van der Waals surface area contributed by atoms with Crippen molar-refractivity contribution >= 4 is 11.6 Å². The van der Waals surface area contributed by atoms with Gasteiger partial charge in [-0.05, 0) is 53.1 Å². The number of ether oxygens (including phenoxy) is 2. The largest absolute Gasteiger partial charge is 0.454 e. The van der Waals surface area contributed by atoms with Gasteiger partial charge in [-0.1, -0.05) is 18.2 Å². The van der Waals surface area contributed by atoms with E-state index in [4.69, 9.17) is 9.47 Å². The minimum absolute atomic E-state index is 0.212. The molecule has 5 rings (SSSR count). The summed E-state index contributed by atoms with van der Waals surface area (Å²) in [6, 6.07) is 15.6. The lowest BCUT2D eigenvalue weighted by molar-refractivity contribution is 0.0946. The number of hydrogen-bond acceptors (Lipinski definition) is 4. The number of nitrogens with zero attached hydrogens (tertiary/aromatic N) is 2. The van der Waals surface area contributed by atoms with Gasteiger partial charge in [0.2, 0.25) is 6.79 Å². The van der Waals surface area contributed by atoms with Crippen molar-refractivity contribution in [2.75, 3.05) is 6.79 Å². The number of pyridine rings is 1. The van der Waals surface area contributed by atoms with Crippen LogP contribution in [0.4, 0.5) is 4.39 Å². The van der Waals surface area contributed by atoms with Gasteiger partial charge in [0.25, 0.3) is 5.91 Å². The number of fused-ring (bicyclic) bond motifs is 2. The molecule has 0 fully saturated rings. The van der Waals surface area contributed by atoms with Crippen molar-refractivity contribution in [1.82, 2.24) is 14.7 Å². The highest BCUT2D eigenvalue weighted by atomic mass is 19.1. The van der Waals surface area contributed by atoms with Gasteiger partial charge < -0.3 is 19.2 Å². The van der Waals surface area contributed by atoms with E-state index in [2.05, 4.69) is 10.3 Å². The Labute approximate surface area is 165 Å². The molecular weight excluding hydrogens is 373 g/mol. The van der Waals surface area contributed by atoms with E-state index in [0.29, 0.717) is 29.4 Å². The van der Waals surface area contributed by atoms with Crippen LogP contribution in [0.2, 0.25) is 0 Å². The summed E-state index contributed by atoms with van der Waals surface area (Å²) in [5, 5.41) is 2.86. The van der Waals surface area contributed by atoms with E-state index < -0.39 is 0 Å². The van der Waals surface area contributed by atoms with Crippen LogP contribution in [0.25, 0.3) is 16.8 Å². The van der Waals surface area contributed by atoms with Crippen LogP contribution < -0.4 is 14.8 Å². The van der Waals surface area contributed by atoms with Gasteiger partial charge in [-0.25, -0.2) is 9.37 Å². The van der Waals surface area contributed by atoms with Crippen molar-refractivity contribution in [3.8, 4) is 22.6 Å². The second kappa shape index (κ2) is 6.94. The fourth-order valence-corrected chi connectivity index (χ4v) is 3.26. The zero-order chi connectivity index (χ0) is 19.8. The highest BCUT2D eigenvalue weighted by molar-refractivity contribution is 5.92. The second-order valence-corrected chi connectivity index (χ2v) is 6.69. The third kappa shape index (κ3) is 3.38. The summed E-state index contributed by atoms with van der Waals surface area (Å²) in [7, 11) is 0. The topological polar surface area (TPSA) is 64.9 Å². The number of amides is 1. The number of aromatic nitrogens is 2. The SMILES string of the molecule is O=C(NCc1ccc2c(c1)OCO2)c1cn2cc(-c3cccc(F)c3)ccc2n1. The number of carbonyl (C=O) groups excluding carboxylic acids is 1. The predicted molar refractivity (Wildman–Crippen MR) is 104 cm³/mol. The summed E-state index contributed by atoms with van der Waals surface area (Å²) in [6.07, 6.45) is 3.48. The third-order valence-corrected chi connectivity index (χ3v) is 4.73. The molecule has 0 saturated carbocycles. The Morgan fingerprint density at radius 1 is 1.03 bits per heavy atom. The Morgan fingerprint density at radius 3 is 2.83 bits per heavy atom. The van der Waals surface area contributed by atoms with Gasteiger partial charge in [-0.15, -0.1) is 0 Å². The van der Waals surface area contributed by atoms with Crippen LogP contribution >= 0.6 is 0 Å². The van der Waals surface area contributed by atoms with Crippen LogP contribution in [0.3, 0.4) is 0 Å². The minimum atomic E-state index is -0.295. The zero-order valence-electron chi connectivity index (χ0n) is 15.3. The first kappa shape index (κ1) is 17.2. The van der Waals surface area contributed by atoms with E-state index in [1.807, 2.05) is 36.5 Å². The summed E-state index contributed by atoms with van der Waals surface area (Å²) in [5.74, 6) is 0.805. The molecule has 1 aliphatic rings. The molecule has 1 N–H and O–H groups in total. The molecule has 2 aromatic carbocycles. The summed E-state index contributed by atoms with van der Waals surface area (Å²) >= 11 is 0. The van der Waals surface area contributed by atoms with E-state index in [9.17, 15) is 9.18 Å². The molecule has 144 valence electrons. The average Bonchev–Trinajstić information content (AvgIpc) is 3.37. The molecule has 0 unspecified atom stereocenters. The van der Waals surface area contributed by atoms with Crippen molar-refractivity contribution in [2.24, 2.45) is 0 Å². The Morgan fingerprint density at radius 2 is 1.93 bits per heavy atom. The standard InChI is InChI=1S/C22H16FN3O3/c23-17-3-1-2-15(9-17)16-5-7-21-25-18(12-26(21)11-16)22(27)24-10-14-4-6-19-20(8-14)29-13-28-19/h1-9,11-12H,10,13H2,(H,24,27). The quantitative estimate of drug-likeness (QED) is 0.577. The fraction of sp³-hybridized carbons (Fsp3) is 0.0909. The smallest absolute Gasteiger partial charge is 0.271 e. The highest BCUT2D eigenvalue weighted by Crippen LogP contribution is 2.32. The monoisotopic (exact) mass is 389 g/mol. The lowest BCUT2D eigenvalue weighted by Gasteiger charge is -2.04. The van der Waals surface area contributed by atoms with Crippen LogP contribution in [0.15, 0.2) is 67.0 Å². The fourth-order valence-electron chi connectivity index (χ4n) is 3.26. The van der Waals surface area contributed by atoms with Crippen LogP contribution in [0, 0.1) is 5.82 Å². The Bertz CT molecular complexity index is 1240. The van der Waals surface area contributed by atoms with Crippen molar-refractivity contribution in [3.05, 3.63) is 84.1 Å². The molecule has 29 heavy (non-hydrogen) atoms. The molecule has 7 heteroatoms. The van der Waals surface area contributed by atoms with Gasteiger partial charge in [-0.3, -0.25) is 4.79 Å². The van der Waals surface area contributed by atoms with Crippen LogP contribution in [-0.4, -0.2) is 22.1 Å². The van der Waals surface area contributed by atoms with Gasteiger partial charge in [0.1, 0.15) is 17.2 Å². The molecule has 6 nitrogen and oxygen atoms in total. The lowest BCUT2D eigenvalue weighted by atomic mass is 10.1. The summed E-state index contributed by atoms with van der Waals surface area (Å²) < 4.78 is 25.9. The number of benzene rings is 2. The van der Waals surface area contributed by atoms with E-state index >= 15 is 0 Å². The summed E-state index contributed by atoms with van der Waals surface area (Å²) in [4.78, 5) is 16.9. The molecule has 2 aromatic heterocycles. The maximum atomic E-state index is 13.5. The first-order chi connectivity index (χ1) is 14.2. The third-order valence-electron chi connectivity index (χ3n) is 4.73. The molecule has 0 bridgehead atoms. The number of nitrogens with one attached hydrogen (secondary N) is 1. The number of imidazole rings is 1. The van der Waals surface area contributed by atoms with Gasteiger partial charge in [-0.2, -0.15) is 0 Å². The number of hydrogen-bond donors (Lipinski definition) is 1. The zero-order valence-corrected chi connectivity index (χ0v) is 15.3. The van der Waals surface area contributed by atoms with Crippen molar-refractivity contribution < 1.29 is 18.7 Å². The minimum Gasteiger partial charge on any atom is -0.454 e. The van der Waals surface area contributed by atoms with Crippen LogP contribution in [0.5, 0.6) is 11.5 Å². The van der Waals surface area contributed by atoms with Gasteiger partial charge in [0.15, 0.2) is 11.5 Å². The van der Waals surface area contributed by atoms with E-state index in [1.54, 1.807) is 22.7 Å². The van der Waals surface area contributed by atoms with Gasteiger partial charge in [0.05, 0.1) is 0 Å². The first-order valence-electron chi connectivity index (χ1n) is 9.07. The Kier molecular flexibility index (Phi) is 4.13. The molecule has 0 saturated heterocycles. The maximum Gasteiger partial charge on any atom is 0.271 e. The lowest BCUT2D eigenvalue weighted by Crippen LogP contribution is -2.23. The van der Waals surface area contributed by atoms with Crippen molar-refractivity contribution in [2.45, 2.75) is 6.54 Å². The molecule has 3 heterocycles. The summed E-state index contributed by atoms with van der Waals surface area (Å²) in [5.41, 5.74) is 3.44. The number of carbonyl (C=O) groups is 1. The normalized spacial score (nSPS) is 12.3. The molecular formula is C22H16FN3O3. The number of rotatable bonds is 4. The van der Waals surface area contributed by atoms with Gasteiger partial charge in [0, 0.05) is 18.9 Å². The molecule has 4 aromatic rings. The van der Waals surface area contributed by atoms with Crippen LogP contribution in [-0.2, 0) is 6.54 Å². The first-order valence-corrected chi connectivity index (χ1v) is 9.07. The Hall–Kier alpha value is -3.87. The Balaban J connectivity index is 1.34. The molecule has 1 aliphatic heterocycles. The van der Waals surface area contributed by atoms with Gasteiger partial charge >= 0.3 is 0 Å². The molecule has 0 atom stereocenters. The van der Waals surface area contributed by atoms with Crippen molar-refractivity contribution in [1.29, 1.82) is 0 Å². The molecule has 1 amide bonds. The average molecular weight is 389 g/mol. The molecule has 0 radical (unpaired) electrons. The number of halogens is 1. The van der Waals surface area contributed by atoms with E-state index in [1.165, 1.54) is 12.1 Å². The van der Waals surface area contributed by atoms with Crippen molar-refractivity contribution in [3.63, 3.8) is 0 Å². The van der Waals surface area contributed by atoms with E-state index in [-0.39, 0.29) is 18.5 Å². The van der Waals surface area contributed by atoms with E-state index in [0.717, 1.165) is 16.7 Å².